The summed E-state index contributed by atoms with van der Waals surface area (Å²) in [6.07, 6.45) is 0. The van der Waals surface area contributed by atoms with E-state index in [0.29, 0.717) is 0 Å². The minimum absolute atomic E-state index is 0.855. The first-order valence-corrected chi connectivity index (χ1v) is 6.99. The number of rotatable bonds is 4. The van der Waals surface area contributed by atoms with Crippen LogP contribution in [0.15, 0.2) is 48.5 Å². The molecule has 0 amide bonds. The molecule has 0 aliphatic carbocycles. The molecular formula is C15H17IN2. The number of anilines is 2. The third-order valence-corrected chi connectivity index (χ3v) is 3.44. The Morgan fingerprint density at radius 1 is 1.06 bits per heavy atom. The molecular weight excluding hydrogens is 335 g/mol. The predicted octanol–water partition coefficient (Wildman–Crippen LogP) is 3.97. The van der Waals surface area contributed by atoms with Gasteiger partial charge in [-0.05, 0) is 58.5 Å². The Labute approximate surface area is 122 Å². The van der Waals surface area contributed by atoms with Crippen LogP contribution in [0.25, 0.3) is 0 Å². The van der Waals surface area contributed by atoms with Gasteiger partial charge in [-0.15, -0.1) is 0 Å². The van der Waals surface area contributed by atoms with Gasteiger partial charge in [0.2, 0.25) is 0 Å². The van der Waals surface area contributed by atoms with E-state index in [-0.39, 0.29) is 0 Å². The van der Waals surface area contributed by atoms with Gasteiger partial charge in [0.25, 0.3) is 0 Å². The van der Waals surface area contributed by atoms with Crippen LogP contribution in [-0.2, 0) is 6.54 Å². The van der Waals surface area contributed by atoms with Crippen molar-refractivity contribution in [1.82, 2.24) is 0 Å². The molecule has 0 radical (unpaired) electrons. The largest absolute Gasteiger partial charge is 0.381 e. The highest BCUT2D eigenvalue weighted by Crippen LogP contribution is 2.15. The number of nitrogens with one attached hydrogen (secondary N) is 1. The van der Waals surface area contributed by atoms with Gasteiger partial charge < -0.3 is 10.2 Å². The molecule has 2 nitrogen and oxygen atoms in total. The van der Waals surface area contributed by atoms with Crippen molar-refractivity contribution in [3.63, 3.8) is 0 Å². The summed E-state index contributed by atoms with van der Waals surface area (Å²) in [7, 11) is 4.11. The molecule has 3 heteroatoms. The molecule has 0 bridgehead atoms. The fourth-order valence-electron chi connectivity index (χ4n) is 1.71. The van der Waals surface area contributed by atoms with Crippen LogP contribution in [0, 0.1) is 3.57 Å². The molecule has 0 fully saturated rings. The highest BCUT2D eigenvalue weighted by Gasteiger charge is 1.97. The van der Waals surface area contributed by atoms with Gasteiger partial charge in [-0.3, -0.25) is 0 Å². The minimum atomic E-state index is 0.855. The molecule has 1 N–H and O–H groups in total. The van der Waals surface area contributed by atoms with E-state index in [2.05, 4.69) is 95.4 Å². The van der Waals surface area contributed by atoms with E-state index in [1.165, 1.54) is 20.5 Å². The number of hydrogen-bond donors (Lipinski definition) is 1. The first-order valence-electron chi connectivity index (χ1n) is 5.91. The second kappa shape index (κ2) is 6.09. The van der Waals surface area contributed by atoms with Crippen molar-refractivity contribution in [2.24, 2.45) is 0 Å². The maximum absolute atomic E-state index is 3.43. The van der Waals surface area contributed by atoms with E-state index in [0.717, 1.165) is 6.54 Å². The van der Waals surface area contributed by atoms with Gasteiger partial charge in [0, 0.05) is 35.6 Å². The van der Waals surface area contributed by atoms with Crippen LogP contribution in [0.3, 0.4) is 0 Å². The summed E-state index contributed by atoms with van der Waals surface area (Å²) in [5, 5.41) is 3.43. The Balaban J connectivity index is 1.98. The lowest BCUT2D eigenvalue weighted by molar-refractivity contribution is 1.11. The third kappa shape index (κ3) is 3.63. The minimum Gasteiger partial charge on any atom is -0.381 e. The Morgan fingerprint density at radius 2 is 1.78 bits per heavy atom. The molecule has 2 rings (SSSR count). The highest BCUT2D eigenvalue weighted by atomic mass is 127. The first kappa shape index (κ1) is 13.2. The van der Waals surface area contributed by atoms with Gasteiger partial charge in [-0.25, -0.2) is 0 Å². The zero-order valence-corrected chi connectivity index (χ0v) is 12.8. The van der Waals surface area contributed by atoms with Crippen molar-refractivity contribution in [2.75, 3.05) is 24.3 Å². The van der Waals surface area contributed by atoms with E-state index in [1.54, 1.807) is 0 Å². The predicted molar refractivity (Wildman–Crippen MR) is 87.3 cm³/mol. The zero-order valence-electron chi connectivity index (χ0n) is 10.7. The Hall–Kier alpha value is -1.23. The summed E-state index contributed by atoms with van der Waals surface area (Å²) in [6.45, 7) is 0.855. The Kier molecular flexibility index (Phi) is 4.47. The lowest BCUT2D eigenvalue weighted by Gasteiger charge is -2.13. The second-order valence-electron chi connectivity index (χ2n) is 4.42. The summed E-state index contributed by atoms with van der Waals surface area (Å²) in [5.74, 6) is 0. The molecule has 18 heavy (non-hydrogen) atoms. The topological polar surface area (TPSA) is 15.3 Å². The summed E-state index contributed by atoms with van der Waals surface area (Å²) in [4.78, 5) is 2.11. The van der Waals surface area contributed by atoms with Crippen molar-refractivity contribution in [3.8, 4) is 0 Å². The molecule has 0 aliphatic rings. The maximum Gasteiger partial charge on any atom is 0.0400 e. The van der Waals surface area contributed by atoms with E-state index in [4.69, 9.17) is 0 Å². The van der Waals surface area contributed by atoms with Gasteiger partial charge in [-0.1, -0.05) is 18.2 Å². The molecule has 0 aromatic heterocycles. The van der Waals surface area contributed by atoms with Crippen LogP contribution in [0.2, 0.25) is 0 Å². The fraction of sp³-hybridized carbons (Fsp3) is 0.200. The molecule has 0 heterocycles. The molecule has 0 aliphatic heterocycles. The Bertz CT molecular complexity index is 506. The highest BCUT2D eigenvalue weighted by molar-refractivity contribution is 14.1. The molecule has 0 spiro atoms. The van der Waals surface area contributed by atoms with Gasteiger partial charge >= 0.3 is 0 Å². The van der Waals surface area contributed by atoms with Crippen molar-refractivity contribution >= 4 is 34.0 Å². The molecule has 0 atom stereocenters. The summed E-state index contributed by atoms with van der Waals surface area (Å²) in [5.41, 5.74) is 3.69. The SMILES string of the molecule is CN(C)c1ccc(CNc2cccc(I)c2)cc1. The Morgan fingerprint density at radius 3 is 2.39 bits per heavy atom. The van der Waals surface area contributed by atoms with Gasteiger partial charge in [0.15, 0.2) is 0 Å². The van der Waals surface area contributed by atoms with Crippen LogP contribution in [0.5, 0.6) is 0 Å². The van der Waals surface area contributed by atoms with E-state index >= 15 is 0 Å². The lowest BCUT2D eigenvalue weighted by atomic mass is 10.2. The third-order valence-electron chi connectivity index (χ3n) is 2.77. The van der Waals surface area contributed by atoms with Crippen LogP contribution in [0.1, 0.15) is 5.56 Å². The maximum atomic E-state index is 3.43. The molecule has 0 saturated heterocycles. The quantitative estimate of drug-likeness (QED) is 0.838. The van der Waals surface area contributed by atoms with Crippen molar-refractivity contribution in [2.45, 2.75) is 6.54 Å². The van der Waals surface area contributed by atoms with Crippen LogP contribution in [0.4, 0.5) is 11.4 Å². The number of hydrogen-bond acceptors (Lipinski definition) is 2. The van der Waals surface area contributed by atoms with Crippen LogP contribution in [-0.4, -0.2) is 14.1 Å². The summed E-state index contributed by atoms with van der Waals surface area (Å²) in [6, 6.07) is 17.0. The van der Waals surface area contributed by atoms with Gasteiger partial charge in [-0.2, -0.15) is 0 Å². The zero-order chi connectivity index (χ0) is 13.0. The first-order chi connectivity index (χ1) is 8.65. The molecule has 2 aromatic rings. The number of halogens is 1. The molecule has 94 valence electrons. The monoisotopic (exact) mass is 352 g/mol. The fourth-order valence-corrected chi connectivity index (χ4v) is 2.26. The van der Waals surface area contributed by atoms with Gasteiger partial charge in [0.1, 0.15) is 0 Å². The van der Waals surface area contributed by atoms with Crippen molar-refractivity contribution < 1.29 is 0 Å². The normalized spacial score (nSPS) is 10.2. The van der Waals surface area contributed by atoms with E-state index in [9.17, 15) is 0 Å². The summed E-state index contributed by atoms with van der Waals surface area (Å²) < 4.78 is 1.25. The molecule has 2 aromatic carbocycles. The van der Waals surface area contributed by atoms with E-state index < -0.39 is 0 Å². The molecule has 0 saturated carbocycles. The number of nitrogens with zero attached hydrogens (tertiary/aromatic N) is 1. The smallest absolute Gasteiger partial charge is 0.0400 e. The molecule has 0 unspecified atom stereocenters. The average Bonchev–Trinajstić information content (AvgIpc) is 2.37. The van der Waals surface area contributed by atoms with E-state index in [1.807, 2.05) is 0 Å². The number of benzene rings is 2. The van der Waals surface area contributed by atoms with Crippen molar-refractivity contribution in [1.29, 1.82) is 0 Å². The second-order valence-corrected chi connectivity index (χ2v) is 5.67. The lowest BCUT2D eigenvalue weighted by Crippen LogP contribution is -2.08. The average molecular weight is 352 g/mol. The van der Waals surface area contributed by atoms with Gasteiger partial charge in [0.05, 0.1) is 0 Å². The van der Waals surface area contributed by atoms with Crippen LogP contribution < -0.4 is 10.2 Å². The summed E-state index contributed by atoms with van der Waals surface area (Å²) >= 11 is 2.33. The van der Waals surface area contributed by atoms with Crippen molar-refractivity contribution in [3.05, 3.63) is 57.7 Å². The standard InChI is InChI=1S/C15H17IN2/c1-18(2)15-8-6-12(7-9-15)11-17-14-5-3-4-13(16)10-14/h3-10,17H,11H2,1-2H3. The van der Waals surface area contributed by atoms with Crippen LogP contribution >= 0.6 is 22.6 Å².